The molecule has 0 saturated heterocycles. The van der Waals surface area contributed by atoms with Crippen LogP contribution in [0.3, 0.4) is 0 Å². The third-order valence-corrected chi connectivity index (χ3v) is 6.99. The fourth-order valence-electron chi connectivity index (χ4n) is 3.18. The lowest BCUT2D eigenvalue weighted by Gasteiger charge is -2.14. The highest BCUT2D eigenvalue weighted by Gasteiger charge is 2.31. The van der Waals surface area contributed by atoms with Crippen molar-refractivity contribution in [1.82, 2.24) is 0 Å². The summed E-state index contributed by atoms with van der Waals surface area (Å²) in [7, 11) is -3.70. The van der Waals surface area contributed by atoms with Gasteiger partial charge in [0.1, 0.15) is 0 Å². The molecule has 152 valence electrons. The van der Waals surface area contributed by atoms with Gasteiger partial charge in [-0.1, -0.05) is 67.4 Å². The number of sulfone groups is 1. The number of unbranched alkanes of at least 4 members (excludes halogenated alkanes) is 2. The number of benzene rings is 2. The van der Waals surface area contributed by atoms with Crippen molar-refractivity contribution in [2.75, 3.05) is 5.75 Å². The zero-order chi connectivity index (χ0) is 20.4. The molecule has 0 aliphatic carbocycles. The first-order valence-electron chi connectivity index (χ1n) is 9.68. The second-order valence-corrected chi connectivity index (χ2v) is 9.35. The monoisotopic (exact) mass is 403 g/mol. The molecule has 1 unspecified atom stereocenters. The van der Waals surface area contributed by atoms with E-state index in [4.69, 9.17) is 5.73 Å². The molecular formula is C22H29NO4S. The summed E-state index contributed by atoms with van der Waals surface area (Å²) in [5.74, 6) is -1.41. The Morgan fingerprint density at radius 3 is 2.07 bits per heavy atom. The molecule has 1 atom stereocenters. The van der Waals surface area contributed by atoms with E-state index in [1.807, 2.05) is 42.5 Å². The van der Waals surface area contributed by atoms with Gasteiger partial charge >= 0.3 is 5.97 Å². The van der Waals surface area contributed by atoms with Crippen LogP contribution in [-0.4, -0.2) is 30.5 Å². The second-order valence-electron chi connectivity index (χ2n) is 7.05. The number of carboxylic acids is 1. The van der Waals surface area contributed by atoms with Crippen LogP contribution in [0.5, 0.6) is 0 Å². The van der Waals surface area contributed by atoms with Crippen molar-refractivity contribution < 1.29 is 18.3 Å². The standard InChI is InChI=1S/C22H29NO4S/c23-17-20-13-11-19(12-14-20)15-16-28(26,27)21(22(24)25)10-6-2-5-9-18-7-3-1-4-8-18/h1,3-4,7-8,11-14,21H,2,5-6,9-10,15-17,23H2,(H,24,25). The minimum Gasteiger partial charge on any atom is -0.480 e. The van der Waals surface area contributed by atoms with Crippen molar-refractivity contribution in [3.63, 3.8) is 0 Å². The number of hydrogen-bond acceptors (Lipinski definition) is 4. The van der Waals surface area contributed by atoms with Crippen LogP contribution in [0.25, 0.3) is 0 Å². The average molecular weight is 404 g/mol. The van der Waals surface area contributed by atoms with E-state index < -0.39 is 21.1 Å². The highest BCUT2D eigenvalue weighted by molar-refractivity contribution is 7.92. The molecule has 28 heavy (non-hydrogen) atoms. The van der Waals surface area contributed by atoms with Gasteiger partial charge < -0.3 is 10.8 Å². The van der Waals surface area contributed by atoms with Gasteiger partial charge in [-0.25, -0.2) is 8.42 Å². The third-order valence-electron chi connectivity index (χ3n) is 4.92. The van der Waals surface area contributed by atoms with Gasteiger partial charge in [0.2, 0.25) is 0 Å². The number of carbonyl (C=O) groups is 1. The first-order valence-corrected chi connectivity index (χ1v) is 11.4. The highest BCUT2D eigenvalue weighted by atomic mass is 32.2. The van der Waals surface area contributed by atoms with Gasteiger partial charge in [-0.15, -0.1) is 0 Å². The molecular weight excluding hydrogens is 374 g/mol. The molecule has 0 aliphatic rings. The predicted octanol–water partition coefficient (Wildman–Crippen LogP) is 3.36. The topological polar surface area (TPSA) is 97.5 Å². The maximum Gasteiger partial charge on any atom is 0.321 e. The molecule has 0 fully saturated rings. The highest BCUT2D eigenvalue weighted by Crippen LogP contribution is 2.16. The largest absolute Gasteiger partial charge is 0.480 e. The van der Waals surface area contributed by atoms with Crippen molar-refractivity contribution >= 4 is 15.8 Å². The number of aliphatic carboxylic acids is 1. The van der Waals surface area contributed by atoms with Crippen molar-refractivity contribution in [3.8, 4) is 0 Å². The average Bonchev–Trinajstić information content (AvgIpc) is 2.70. The SMILES string of the molecule is NCc1ccc(CCS(=O)(=O)C(CCCCCc2ccccc2)C(=O)O)cc1. The Morgan fingerprint density at radius 1 is 0.857 bits per heavy atom. The zero-order valence-corrected chi connectivity index (χ0v) is 16.9. The lowest BCUT2D eigenvalue weighted by molar-refractivity contribution is -0.136. The maximum absolute atomic E-state index is 12.6. The summed E-state index contributed by atoms with van der Waals surface area (Å²) < 4.78 is 25.1. The number of carboxylic acid groups (broad SMARTS) is 1. The number of rotatable bonds is 12. The molecule has 0 aromatic heterocycles. The van der Waals surface area contributed by atoms with E-state index >= 15 is 0 Å². The first kappa shape index (κ1) is 22.1. The van der Waals surface area contributed by atoms with Crippen molar-refractivity contribution in [3.05, 3.63) is 71.3 Å². The van der Waals surface area contributed by atoms with Crippen LogP contribution in [-0.2, 0) is 34.0 Å². The van der Waals surface area contributed by atoms with Gasteiger partial charge in [-0.3, -0.25) is 4.79 Å². The van der Waals surface area contributed by atoms with E-state index in [0.717, 1.165) is 30.4 Å². The summed E-state index contributed by atoms with van der Waals surface area (Å²) in [6, 6.07) is 17.5. The van der Waals surface area contributed by atoms with Crippen LogP contribution in [0.1, 0.15) is 42.4 Å². The van der Waals surface area contributed by atoms with Gasteiger partial charge in [0.15, 0.2) is 15.1 Å². The normalized spacial score (nSPS) is 12.6. The van der Waals surface area contributed by atoms with E-state index in [2.05, 4.69) is 12.1 Å². The molecule has 3 N–H and O–H groups in total. The molecule has 0 saturated carbocycles. The van der Waals surface area contributed by atoms with E-state index in [0.29, 0.717) is 19.4 Å². The summed E-state index contributed by atoms with van der Waals surface area (Å²) in [4.78, 5) is 11.5. The molecule has 0 amide bonds. The molecule has 0 bridgehead atoms. The molecule has 6 heteroatoms. The summed E-state index contributed by atoms with van der Waals surface area (Å²) in [5, 5.41) is 8.09. The van der Waals surface area contributed by atoms with E-state index in [-0.39, 0.29) is 12.2 Å². The van der Waals surface area contributed by atoms with Gasteiger partial charge in [-0.2, -0.15) is 0 Å². The van der Waals surface area contributed by atoms with Gasteiger partial charge in [-0.05, 0) is 42.4 Å². The first-order chi connectivity index (χ1) is 13.4. The van der Waals surface area contributed by atoms with Gasteiger partial charge in [0.05, 0.1) is 5.75 Å². The Labute approximate surface area is 167 Å². The fourth-order valence-corrected chi connectivity index (χ4v) is 4.82. The van der Waals surface area contributed by atoms with Crippen LogP contribution in [0.2, 0.25) is 0 Å². The quantitative estimate of drug-likeness (QED) is 0.530. The second kappa shape index (κ2) is 11.0. The molecule has 2 aromatic carbocycles. The molecule has 0 heterocycles. The van der Waals surface area contributed by atoms with Crippen molar-refractivity contribution in [1.29, 1.82) is 0 Å². The van der Waals surface area contributed by atoms with Crippen LogP contribution >= 0.6 is 0 Å². The van der Waals surface area contributed by atoms with Crippen LogP contribution in [0, 0.1) is 0 Å². The molecule has 0 spiro atoms. The lowest BCUT2D eigenvalue weighted by Crippen LogP contribution is -2.32. The van der Waals surface area contributed by atoms with Gasteiger partial charge in [0, 0.05) is 6.54 Å². The van der Waals surface area contributed by atoms with E-state index in [9.17, 15) is 18.3 Å². The maximum atomic E-state index is 12.6. The molecule has 2 rings (SSSR count). The van der Waals surface area contributed by atoms with Crippen molar-refractivity contribution in [2.45, 2.75) is 50.3 Å². The Kier molecular flexibility index (Phi) is 8.67. The summed E-state index contributed by atoms with van der Waals surface area (Å²) in [6.45, 7) is 0.434. The lowest BCUT2D eigenvalue weighted by atomic mass is 10.1. The Balaban J connectivity index is 1.82. The molecule has 0 aliphatic heterocycles. The third kappa shape index (κ3) is 7.09. The molecule has 5 nitrogen and oxygen atoms in total. The summed E-state index contributed by atoms with van der Waals surface area (Å²) >= 11 is 0. The van der Waals surface area contributed by atoms with E-state index in [1.54, 1.807) is 0 Å². The Hall–Kier alpha value is -2.18. The minimum absolute atomic E-state index is 0.157. The van der Waals surface area contributed by atoms with Crippen LogP contribution in [0.4, 0.5) is 0 Å². The summed E-state index contributed by atoms with van der Waals surface area (Å²) in [6.07, 6.45) is 3.72. The number of aryl methyl sites for hydroxylation is 2. The smallest absolute Gasteiger partial charge is 0.321 e. The molecule has 2 aromatic rings. The number of nitrogens with two attached hydrogens (primary N) is 1. The van der Waals surface area contributed by atoms with E-state index in [1.165, 1.54) is 5.56 Å². The van der Waals surface area contributed by atoms with Crippen molar-refractivity contribution in [2.24, 2.45) is 5.73 Å². The van der Waals surface area contributed by atoms with Gasteiger partial charge in [0.25, 0.3) is 0 Å². The zero-order valence-electron chi connectivity index (χ0n) is 16.1. The Morgan fingerprint density at radius 2 is 1.46 bits per heavy atom. The molecule has 0 radical (unpaired) electrons. The summed E-state index contributed by atoms with van der Waals surface area (Å²) in [5.41, 5.74) is 8.64. The fraction of sp³-hybridized carbons (Fsp3) is 0.409. The van der Waals surface area contributed by atoms with Crippen LogP contribution in [0.15, 0.2) is 54.6 Å². The predicted molar refractivity (Wildman–Crippen MR) is 112 cm³/mol. The van der Waals surface area contributed by atoms with Crippen LogP contribution < -0.4 is 5.73 Å². The minimum atomic E-state index is -3.70. The number of hydrogen-bond donors (Lipinski definition) is 2. The Bertz CT molecular complexity index is 833.